The smallest absolute Gasteiger partial charge is 0.417 e. The maximum atomic E-state index is 13.6. The molecule has 0 bridgehead atoms. The van der Waals surface area contributed by atoms with Gasteiger partial charge in [-0.3, -0.25) is 4.79 Å². The summed E-state index contributed by atoms with van der Waals surface area (Å²) in [5.41, 5.74) is -1.28. The number of likely N-dealkylation sites (tertiary alicyclic amines) is 1. The Labute approximate surface area is 210 Å². The maximum absolute atomic E-state index is 13.6. The normalized spacial score (nSPS) is 24.8. The number of ketones is 1. The standard InChI is InChI=1S/C25H31N3O7S/c29-18-10-12-25(13-11-18,22(30)20-9-6-14-26-20)17-21(23(31)35-24(32)28-15-4-5-16-28)27-36(33,34)19-7-2-1-3-8-19/h1-3,7-8,10-12,20-21,26-27,29H,4-6,9,13-17H2/t20-,21-,25?/m0/s1. The zero-order valence-corrected chi connectivity index (χ0v) is 20.7. The number of benzene rings is 1. The van der Waals surface area contributed by atoms with E-state index in [9.17, 15) is 27.9 Å². The van der Waals surface area contributed by atoms with Crippen molar-refractivity contribution in [2.24, 2.45) is 5.41 Å². The Morgan fingerprint density at radius 1 is 1.17 bits per heavy atom. The van der Waals surface area contributed by atoms with Crippen LogP contribution in [0.2, 0.25) is 0 Å². The molecule has 0 aromatic heterocycles. The quantitative estimate of drug-likeness (QED) is 0.352. The fourth-order valence-electron chi connectivity index (χ4n) is 4.87. The minimum atomic E-state index is -4.18. The van der Waals surface area contributed by atoms with Crippen molar-refractivity contribution < 1.29 is 32.6 Å². The Bertz CT molecular complexity index is 1150. The molecule has 0 spiro atoms. The summed E-state index contributed by atoms with van der Waals surface area (Å²) in [7, 11) is -4.18. The predicted octanol–water partition coefficient (Wildman–Crippen LogP) is 2.19. The van der Waals surface area contributed by atoms with Gasteiger partial charge in [0.25, 0.3) is 0 Å². The topological polar surface area (TPSA) is 142 Å². The van der Waals surface area contributed by atoms with Gasteiger partial charge in [0.1, 0.15) is 11.8 Å². The highest BCUT2D eigenvalue weighted by atomic mass is 32.2. The van der Waals surface area contributed by atoms with Crippen molar-refractivity contribution in [1.29, 1.82) is 0 Å². The molecule has 4 rings (SSSR count). The highest BCUT2D eigenvalue weighted by molar-refractivity contribution is 7.89. The first-order valence-electron chi connectivity index (χ1n) is 12.1. The average molecular weight is 518 g/mol. The Morgan fingerprint density at radius 3 is 2.50 bits per heavy atom. The predicted molar refractivity (Wildman–Crippen MR) is 130 cm³/mol. The molecular formula is C25H31N3O7S. The number of rotatable bonds is 8. The summed E-state index contributed by atoms with van der Waals surface area (Å²) in [5.74, 6) is -1.31. The van der Waals surface area contributed by atoms with Crippen molar-refractivity contribution in [3.63, 3.8) is 0 Å². The van der Waals surface area contributed by atoms with Gasteiger partial charge in [0.2, 0.25) is 10.0 Å². The van der Waals surface area contributed by atoms with Crippen molar-refractivity contribution in [1.82, 2.24) is 14.9 Å². The number of hydrogen-bond acceptors (Lipinski definition) is 8. The van der Waals surface area contributed by atoms with Gasteiger partial charge in [-0.15, -0.1) is 0 Å². The molecule has 194 valence electrons. The number of sulfonamides is 1. The Balaban J connectivity index is 1.63. The second-order valence-electron chi connectivity index (χ2n) is 9.41. The number of nitrogens with zero attached hydrogens (tertiary/aromatic N) is 1. The largest absolute Gasteiger partial charge is 0.508 e. The number of Topliss-reactive ketones (excluding diaryl/α,β-unsaturated/α-hetero) is 1. The third-order valence-electron chi connectivity index (χ3n) is 6.87. The van der Waals surface area contributed by atoms with Gasteiger partial charge in [-0.25, -0.2) is 18.0 Å². The Kier molecular flexibility index (Phi) is 7.91. The number of allylic oxidation sites excluding steroid dienone is 3. The SMILES string of the molecule is O=C(OC(=O)N1CCCC1)[C@H](CC1(C(=O)[C@@H]2CCCN2)C=CC(O)=CC1)NS(=O)(=O)c1ccccc1. The molecule has 11 heteroatoms. The first-order chi connectivity index (χ1) is 17.2. The van der Waals surface area contributed by atoms with Crippen molar-refractivity contribution in [2.75, 3.05) is 19.6 Å². The van der Waals surface area contributed by atoms with E-state index >= 15 is 0 Å². The van der Waals surface area contributed by atoms with Crippen LogP contribution in [-0.4, -0.2) is 68.0 Å². The average Bonchev–Trinajstić information content (AvgIpc) is 3.60. The van der Waals surface area contributed by atoms with Crippen LogP contribution in [0, 0.1) is 5.41 Å². The van der Waals surface area contributed by atoms with E-state index in [0.29, 0.717) is 26.1 Å². The molecule has 2 heterocycles. The van der Waals surface area contributed by atoms with Crippen LogP contribution >= 0.6 is 0 Å². The molecule has 1 aliphatic carbocycles. The number of aliphatic hydroxyl groups is 1. The number of aliphatic hydroxyl groups excluding tert-OH is 1. The third kappa shape index (κ3) is 5.85. The molecule has 3 aliphatic rings. The van der Waals surface area contributed by atoms with E-state index in [4.69, 9.17) is 4.74 Å². The van der Waals surface area contributed by atoms with Crippen LogP contribution in [0.3, 0.4) is 0 Å². The fourth-order valence-corrected chi connectivity index (χ4v) is 6.08. The lowest BCUT2D eigenvalue weighted by atomic mass is 9.70. The minimum absolute atomic E-state index is 0.0222. The highest BCUT2D eigenvalue weighted by Crippen LogP contribution is 2.38. The monoisotopic (exact) mass is 517 g/mol. The number of amides is 1. The van der Waals surface area contributed by atoms with E-state index in [1.807, 2.05) is 0 Å². The number of nitrogens with one attached hydrogen (secondary N) is 2. The van der Waals surface area contributed by atoms with Crippen LogP contribution in [0.1, 0.15) is 38.5 Å². The summed E-state index contributed by atoms with van der Waals surface area (Å²) in [5, 5.41) is 13.1. The van der Waals surface area contributed by atoms with Crippen LogP contribution in [0.4, 0.5) is 4.79 Å². The number of esters is 1. The van der Waals surface area contributed by atoms with Crippen LogP contribution in [0.15, 0.2) is 59.2 Å². The molecule has 3 N–H and O–H groups in total. The van der Waals surface area contributed by atoms with Crippen LogP contribution in [-0.2, 0) is 24.3 Å². The second-order valence-corrected chi connectivity index (χ2v) is 11.1. The van der Waals surface area contributed by atoms with Crippen LogP contribution in [0.5, 0.6) is 0 Å². The Hall–Kier alpha value is -3.02. The van der Waals surface area contributed by atoms with Crippen LogP contribution < -0.4 is 10.0 Å². The molecule has 10 nitrogen and oxygen atoms in total. The van der Waals surface area contributed by atoms with Gasteiger partial charge in [-0.2, -0.15) is 4.72 Å². The lowest BCUT2D eigenvalue weighted by Crippen LogP contribution is -2.51. The number of ether oxygens (including phenoxy) is 1. The van der Waals surface area contributed by atoms with E-state index in [-0.39, 0.29) is 29.3 Å². The van der Waals surface area contributed by atoms with Crippen molar-refractivity contribution >= 4 is 27.9 Å². The van der Waals surface area contributed by atoms with E-state index in [1.165, 1.54) is 35.3 Å². The molecule has 2 aliphatic heterocycles. The summed E-state index contributed by atoms with van der Waals surface area (Å²) < 4.78 is 33.7. The zero-order chi connectivity index (χ0) is 25.8. The van der Waals surface area contributed by atoms with Crippen molar-refractivity contribution in [2.45, 2.75) is 55.5 Å². The van der Waals surface area contributed by atoms with Crippen molar-refractivity contribution in [3.05, 3.63) is 54.3 Å². The molecule has 36 heavy (non-hydrogen) atoms. The van der Waals surface area contributed by atoms with E-state index in [2.05, 4.69) is 10.0 Å². The molecule has 0 saturated carbocycles. The Morgan fingerprint density at radius 2 is 1.89 bits per heavy atom. The van der Waals surface area contributed by atoms with E-state index < -0.39 is 39.6 Å². The molecule has 0 radical (unpaired) electrons. The first-order valence-corrected chi connectivity index (χ1v) is 13.6. The molecular weight excluding hydrogens is 486 g/mol. The third-order valence-corrected chi connectivity index (χ3v) is 8.36. The molecule has 3 atom stereocenters. The molecule has 2 fully saturated rings. The summed E-state index contributed by atoms with van der Waals surface area (Å²) >= 11 is 0. The van der Waals surface area contributed by atoms with Crippen LogP contribution in [0.25, 0.3) is 0 Å². The zero-order valence-electron chi connectivity index (χ0n) is 19.9. The summed E-state index contributed by atoms with van der Waals surface area (Å²) in [6.07, 6.45) is 6.33. The van der Waals surface area contributed by atoms with Gasteiger partial charge >= 0.3 is 12.1 Å². The van der Waals surface area contributed by atoms with Gasteiger partial charge in [-0.05, 0) is 69.4 Å². The van der Waals surface area contributed by atoms with E-state index in [0.717, 1.165) is 19.3 Å². The summed E-state index contributed by atoms with van der Waals surface area (Å²) in [6, 6.07) is 5.53. The lowest BCUT2D eigenvalue weighted by molar-refractivity contribution is -0.141. The van der Waals surface area contributed by atoms with Gasteiger partial charge < -0.3 is 20.1 Å². The van der Waals surface area contributed by atoms with Gasteiger partial charge in [0.05, 0.1) is 16.4 Å². The molecule has 1 unspecified atom stereocenters. The van der Waals surface area contributed by atoms with Gasteiger partial charge in [0.15, 0.2) is 5.78 Å². The first kappa shape index (κ1) is 26.1. The van der Waals surface area contributed by atoms with Gasteiger partial charge in [-0.1, -0.05) is 24.3 Å². The van der Waals surface area contributed by atoms with E-state index in [1.54, 1.807) is 18.2 Å². The lowest BCUT2D eigenvalue weighted by Gasteiger charge is -2.35. The maximum Gasteiger partial charge on any atom is 0.417 e. The molecule has 1 aromatic carbocycles. The van der Waals surface area contributed by atoms with Gasteiger partial charge in [0, 0.05) is 13.1 Å². The number of hydrogen-bond donors (Lipinski definition) is 3. The second kappa shape index (κ2) is 10.9. The van der Waals surface area contributed by atoms with Crippen molar-refractivity contribution in [3.8, 4) is 0 Å². The molecule has 1 aromatic rings. The highest BCUT2D eigenvalue weighted by Gasteiger charge is 2.45. The summed E-state index contributed by atoms with van der Waals surface area (Å²) in [6.45, 7) is 1.58. The number of carbonyl (C=O) groups is 3. The minimum Gasteiger partial charge on any atom is -0.508 e. The number of carbonyl (C=O) groups excluding carboxylic acids is 3. The molecule has 2 saturated heterocycles. The fraction of sp³-hybridized carbons (Fsp3) is 0.480. The molecule has 1 amide bonds. The summed E-state index contributed by atoms with van der Waals surface area (Å²) in [4.78, 5) is 40.7.